The Morgan fingerprint density at radius 1 is 1.18 bits per heavy atom. The summed E-state index contributed by atoms with van der Waals surface area (Å²) in [5.41, 5.74) is 0. The van der Waals surface area contributed by atoms with E-state index >= 15 is 0 Å². The van der Waals surface area contributed by atoms with Gasteiger partial charge in [0.25, 0.3) is 0 Å². The Morgan fingerprint density at radius 3 is 1.45 bits per heavy atom. The van der Waals surface area contributed by atoms with E-state index in [2.05, 4.69) is 0 Å². The fourth-order valence-electron chi connectivity index (χ4n) is 0.455. The first-order valence-corrected chi connectivity index (χ1v) is 3.72. The van der Waals surface area contributed by atoms with E-state index in [0.717, 1.165) is 12.8 Å². The van der Waals surface area contributed by atoms with Crippen molar-refractivity contribution in [2.45, 2.75) is 40.5 Å². The van der Waals surface area contributed by atoms with E-state index in [0.29, 0.717) is 0 Å². The minimum Gasteiger partial charge on any atom is -0.542 e. The van der Waals surface area contributed by atoms with Gasteiger partial charge in [-0.15, -0.1) is 5.92 Å². The van der Waals surface area contributed by atoms with Crippen LogP contribution in [0.3, 0.4) is 0 Å². The molecule has 68 valence electrons. The maximum absolute atomic E-state index is 9.84. The van der Waals surface area contributed by atoms with Crippen LogP contribution in [0.5, 0.6) is 0 Å². The third-order valence-electron chi connectivity index (χ3n) is 1.15. The molecule has 0 bridgehead atoms. The normalized spacial score (nSPS) is 6.64. The van der Waals surface area contributed by atoms with Gasteiger partial charge < -0.3 is 12.2 Å². The minimum absolute atomic E-state index is 0. The minimum atomic E-state index is 0. The van der Waals surface area contributed by atoms with Crippen molar-refractivity contribution < 1.29 is 25.9 Å². The van der Waals surface area contributed by atoms with Gasteiger partial charge in [0.1, 0.15) is 0 Å². The van der Waals surface area contributed by atoms with Crippen LogP contribution in [-0.2, 0) is 25.9 Å². The molecule has 0 unspecified atom stereocenters. The molecule has 0 heterocycles. The topological polar surface area (TPSA) is 17.1 Å². The van der Waals surface area contributed by atoms with Crippen molar-refractivity contribution in [2.75, 3.05) is 0 Å². The van der Waals surface area contributed by atoms with Crippen LogP contribution in [0.4, 0.5) is 0 Å². The molecule has 0 aliphatic carbocycles. The Kier molecular flexibility index (Phi) is 45.9. The van der Waals surface area contributed by atoms with Gasteiger partial charge in [0.05, 0.1) is 0 Å². The number of hydrogen-bond acceptors (Lipinski definition) is 1. The molecule has 0 aromatic carbocycles. The predicted octanol–water partition coefficient (Wildman–Crippen LogP) is 3.01. The van der Waals surface area contributed by atoms with Gasteiger partial charge in [-0.2, -0.15) is 0 Å². The summed E-state index contributed by atoms with van der Waals surface area (Å²) in [6.45, 7) is 8.00. The van der Waals surface area contributed by atoms with E-state index in [1.807, 2.05) is 34.0 Å². The zero-order valence-electron chi connectivity index (χ0n) is 8.31. The summed E-state index contributed by atoms with van der Waals surface area (Å²) >= 11 is 0. The smallest absolute Gasteiger partial charge is 0.542 e. The molecule has 2 heteroatoms. The monoisotopic (exact) mass is 328 g/mol. The van der Waals surface area contributed by atoms with Crippen molar-refractivity contribution >= 4 is 6.29 Å². The second kappa shape index (κ2) is 22.4. The molecule has 0 saturated heterocycles. The molecule has 1 nitrogen and oxygen atoms in total. The van der Waals surface area contributed by atoms with E-state index in [4.69, 9.17) is 0 Å². The van der Waals surface area contributed by atoms with Gasteiger partial charge >= 0.3 is 21.1 Å². The van der Waals surface area contributed by atoms with Crippen molar-refractivity contribution in [3.63, 3.8) is 0 Å². The van der Waals surface area contributed by atoms with Crippen LogP contribution >= 0.6 is 0 Å². The standard InChI is InChI=1S/C6H11O.C2H6.CH3.W/c1-3-6(4-2)5-7;1-2;;/h6H,3-4H2,1-2H3;1-2H3;1H3;/q-1;;-1;+2. The summed E-state index contributed by atoms with van der Waals surface area (Å²) in [5.74, 6) is 0.181. The van der Waals surface area contributed by atoms with Crippen LogP contribution in [0.1, 0.15) is 40.5 Å². The molecule has 0 radical (unpaired) electrons. The SMILES string of the molecule is CC.CCC([C-]=O)CC.[CH3-].[W+2]. The fourth-order valence-corrected chi connectivity index (χ4v) is 0.455. The molecular formula is C9H20OW. The van der Waals surface area contributed by atoms with Crippen molar-refractivity contribution in [3.8, 4) is 0 Å². The van der Waals surface area contributed by atoms with Crippen LogP contribution in [-0.4, -0.2) is 6.29 Å². The largest absolute Gasteiger partial charge is 2.00 e. The molecule has 0 rings (SSSR count). The number of carbonyl (C=O) groups excluding carboxylic acids is 1. The Balaban J connectivity index is -0.0000000564. The zero-order chi connectivity index (χ0) is 7.70. The molecule has 0 spiro atoms. The molecule has 0 aliphatic rings. The Morgan fingerprint density at radius 2 is 1.45 bits per heavy atom. The predicted molar refractivity (Wildman–Crippen MR) is 47.5 cm³/mol. The molecular weight excluding hydrogens is 308 g/mol. The van der Waals surface area contributed by atoms with E-state index < -0.39 is 0 Å². The Labute approximate surface area is 86.2 Å². The fraction of sp³-hybridized carbons (Fsp3) is 0.778. The summed E-state index contributed by atoms with van der Waals surface area (Å²) in [6, 6.07) is 0. The Hall–Kier alpha value is 0.358. The van der Waals surface area contributed by atoms with Crippen LogP contribution in [0, 0.1) is 13.3 Å². The number of rotatable bonds is 3. The van der Waals surface area contributed by atoms with Gasteiger partial charge in [0, 0.05) is 0 Å². The van der Waals surface area contributed by atoms with Crippen LogP contribution in [0.15, 0.2) is 0 Å². The molecule has 0 fully saturated rings. The van der Waals surface area contributed by atoms with Crippen LogP contribution < -0.4 is 0 Å². The van der Waals surface area contributed by atoms with Gasteiger partial charge in [-0.05, 0) is 0 Å². The summed E-state index contributed by atoms with van der Waals surface area (Å²) in [7, 11) is 0. The molecule has 0 aliphatic heterocycles. The third kappa shape index (κ3) is 17.9. The molecule has 0 aromatic rings. The first kappa shape index (κ1) is 22.5. The van der Waals surface area contributed by atoms with Crippen LogP contribution in [0.25, 0.3) is 0 Å². The molecule has 0 aromatic heterocycles. The maximum Gasteiger partial charge on any atom is 2.00 e. The van der Waals surface area contributed by atoms with Crippen molar-refractivity contribution in [1.29, 1.82) is 0 Å². The van der Waals surface area contributed by atoms with E-state index in [9.17, 15) is 4.79 Å². The average molecular weight is 328 g/mol. The second-order valence-electron chi connectivity index (χ2n) is 1.63. The second-order valence-corrected chi connectivity index (χ2v) is 1.63. The van der Waals surface area contributed by atoms with Gasteiger partial charge in [-0.25, -0.2) is 0 Å². The summed E-state index contributed by atoms with van der Waals surface area (Å²) in [5, 5.41) is 0. The maximum atomic E-state index is 9.84. The number of hydrogen-bond donors (Lipinski definition) is 0. The molecule has 11 heavy (non-hydrogen) atoms. The van der Waals surface area contributed by atoms with Crippen molar-refractivity contribution in [3.05, 3.63) is 7.43 Å². The molecule has 0 saturated carbocycles. The Bertz CT molecular complexity index is 51.5. The third-order valence-corrected chi connectivity index (χ3v) is 1.15. The quantitative estimate of drug-likeness (QED) is 0.728. The molecule has 0 amide bonds. The van der Waals surface area contributed by atoms with Gasteiger partial charge in [-0.1, -0.05) is 40.5 Å². The van der Waals surface area contributed by atoms with E-state index in [1.54, 1.807) is 0 Å². The summed E-state index contributed by atoms with van der Waals surface area (Å²) < 4.78 is 0. The van der Waals surface area contributed by atoms with E-state index in [1.165, 1.54) is 0 Å². The van der Waals surface area contributed by atoms with Crippen molar-refractivity contribution in [2.24, 2.45) is 5.92 Å². The summed E-state index contributed by atoms with van der Waals surface area (Å²) in [6.07, 6.45) is 3.81. The van der Waals surface area contributed by atoms with E-state index in [-0.39, 0.29) is 34.4 Å². The van der Waals surface area contributed by atoms with Crippen molar-refractivity contribution in [1.82, 2.24) is 0 Å². The van der Waals surface area contributed by atoms with Gasteiger partial charge in [0.15, 0.2) is 0 Å². The molecule has 0 N–H and O–H groups in total. The van der Waals surface area contributed by atoms with Gasteiger partial charge in [-0.3, -0.25) is 6.29 Å². The first-order chi connectivity index (χ1) is 4.35. The summed E-state index contributed by atoms with van der Waals surface area (Å²) in [4.78, 5) is 9.84. The first-order valence-electron chi connectivity index (χ1n) is 3.72. The van der Waals surface area contributed by atoms with Gasteiger partial charge in [0.2, 0.25) is 0 Å². The zero-order valence-corrected chi connectivity index (χ0v) is 11.2. The van der Waals surface area contributed by atoms with Crippen LogP contribution in [0.2, 0.25) is 0 Å². The average Bonchev–Trinajstić information content (AvgIpc) is 1.96. The molecule has 0 atom stereocenters.